The third-order valence-electron chi connectivity index (χ3n) is 5.52. The summed E-state index contributed by atoms with van der Waals surface area (Å²) in [5, 5.41) is 8.90. The molecule has 0 unspecified atom stereocenters. The van der Waals surface area contributed by atoms with Crippen LogP contribution in [0.15, 0.2) is 61.2 Å². The van der Waals surface area contributed by atoms with Gasteiger partial charge in [0.25, 0.3) is 0 Å². The quantitative estimate of drug-likeness (QED) is 0.277. The van der Waals surface area contributed by atoms with E-state index >= 15 is 0 Å². The minimum Gasteiger partial charge on any atom is -0.494 e. The van der Waals surface area contributed by atoms with Crippen LogP contribution in [0, 0.1) is 16.7 Å². The molecule has 5 heteroatoms. The molecule has 0 atom stereocenters. The van der Waals surface area contributed by atoms with Crippen LogP contribution in [-0.4, -0.2) is 46.2 Å². The third-order valence-corrected chi connectivity index (χ3v) is 5.52. The van der Waals surface area contributed by atoms with Crippen LogP contribution in [0.1, 0.15) is 31.2 Å². The van der Waals surface area contributed by atoms with Crippen LogP contribution < -0.4 is 4.74 Å². The Morgan fingerprint density at radius 3 is 2.09 bits per heavy atom. The van der Waals surface area contributed by atoms with Crippen molar-refractivity contribution in [2.45, 2.75) is 25.7 Å². The molecule has 1 aliphatic rings. The summed E-state index contributed by atoms with van der Waals surface area (Å²) in [4.78, 5) is 0. The van der Waals surface area contributed by atoms with Gasteiger partial charge in [0, 0.05) is 6.61 Å². The second-order valence-electron chi connectivity index (χ2n) is 8.33. The van der Waals surface area contributed by atoms with Crippen molar-refractivity contribution < 1.29 is 18.9 Å². The van der Waals surface area contributed by atoms with Gasteiger partial charge in [-0.2, -0.15) is 5.26 Å². The van der Waals surface area contributed by atoms with Gasteiger partial charge in [0.15, 0.2) is 0 Å². The fourth-order valence-corrected chi connectivity index (χ4v) is 3.58. The SMILES string of the molecule is C=CCOCC1(COCCCCCCOc2ccc(-c3ccc(C#N)cc3)cc2)COC1. The minimum atomic E-state index is 0.0342. The maximum atomic E-state index is 8.90. The van der Waals surface area contributed by atoms with Crippen molar-refractivity contribution in [1.82, 2.24) is 0 Å². The maximum absolute atomic E-state index is 8.90. The van der Waals surface area contributed by atoms with E-state index in [4.69, 9.17) is 24.2 Å². The molecule has 1 fully saturated rings. The summed E-state index contributed by atoms with van der Waals surface area (Å²) in [6.07, 6.45) is 6.12. The normalized spacial score (nSPS) is 14.3. The van der Waals surface area contributed by atoms with Gasteiger partial charge in [-0.1, -0.05) is 36.8 Å². The van der Waals surface area contributed by atoms with Crippen molar-refractivity contribution >= 4 is 0 Å². The van der Waals surface area contributed by atoms with Crippen LogP contribution in [0.25, 0.3) is 11.1 Å². The summed E-state index contributed by atoms with van der Waals surface area (Å²) in [6.45, 7) is 8.55. The first-order valence-corrected chi connectivity index (χ1v) is 11.3. The summed E-state index contributed by atoms with van der Waals surface area (Å²) >= 11 is 0. The number of ether oxygens (including phenoxy) is 4. The summed E-state index contributed by atoms with van der Waals surface area (Å²) in [5.41, 5.74) is 2.92. The van der Waals surface area contributed by atoms with Gasteiger partial charge in [-0.15, -0.1) is 6.58 Å². The van der Waals surface area contributed by atoms with Gasteiger partial charge >= 0.3 is 0 Å². The number of hydrogen-bond donors (Lipinski definition) is 0. The molecule has 0 aliphatic carbocycles. The molecule has 170 valence electrons. The number of rotatable bonds is 15. The summed E-state index contributed by atoms with van der Waals surface area (Å²) in [5.74, 6) is 0.886. The number of unbranched alkanes of at least 4 members (excludes halogenated alkanes) is 3. The Hall–Kier alpha value is -2.65. The highest BCUT2D eigenvalue weighted by atomic mass is 16.5. The predicted molar refractivity (Wildman–Crippen MR) is 126 cm³/mol. The topological polar surface area (TPSA) is 60.7 Å². The van der Waals surface area contributed by atoms with E-state index in [-0.39, 0.29) is 5.41 Å². The summed E-state index contributed by atoms with van der Waals surface area (Å²) < 4.78 is 22.7. The smallest absolute Gasteiger partial charge is 0.119 e. The molecule has 0 aromatic heterocycles. The molecule has 3 rings (SSSR count). The molecule has 1 heterocycles. The molecular formula is C27H33NO4. The first-order chi connectivity index (χ1) is 15.7. The minimum absolute atomic E-state index is 0.0342. The molecule has 0 N–H and O–H groups in total. The molecule has 0 bridgehead atoms. The number of hydrogen-bond acceptors (Lipinski definition) is 5. The van der Waals surface area contributed by atoms with Gasteiger partial charge in [-0.25, -0.2) is 0 Å². The van der Waals surface area contributed by atoms with Gasteiger partial charge in [0.05, 0.1) is 56.7 Å². The molecular weight excluding hydrogens is 402 g/mol. The predicted octanol–water partition coefficient (Wildman–Crippen LogP) is 5.40. The first kappa shape index (κ1) is 24.0. The molecule has 2 aromatic carbocycles. The van der Waals surface area contributed by atoms with Crippen LogP contribution in [-0.2, 0) is 14.2 Å². The van der Waals surface area contributed by atoms with E-state index in [1.807, 2.05) is 36.4 Å². The van der Waals surface area contributed by atoms with Crippen molar-refractivity contribution in [3.63, 3.8) is 0 Å². The first-order valence-electron chi connectivity index (χ1n) is 11.3. The zero-order valence-electron chi connectivity index (χ0n) is 18.8. The fourth-order valence-electron chi connectivity index (χ4n) is 3.58. The van der Waals surface area contributed by atoms with Crippen LogP contribution in [0.5, 0.6) is 5.75 Å². The Bertz CT molecular complexity index is 851. The molecule has 0 radical (unpaired) electrons. The second kappa shape index (κ2) is 13.0. The van der Waals surface area contributed by atoms with Gasteiger partial charge in [-0.05, 0) is 54.7 Å². The zero-order chi connectivity index (χ0) is 22.5. The molecule has 0 amide bonds. The lowest BCUT2D eigenvalue weighted by molar-refractivity contribution is -0.176. The Morgan fingerprint density at radius 2 is 1.50 bits per heavy atom. The molecule has 2 aromatic rings. The average molecular weight is 436 g/mol. The second-order valence-corrected chi connectivity index (χ2v) is 8.33. The molecule has 1 aliphatic heterocycles. The molecule has 5 nitrogen and oxygen atoms in total. The maximum Gasteiger partial charge on any atom is 0.119 e. The highest BCUT2D eigenvalue weighted by Crippen LogP contribution is 2.28. The Morgan fingerprint density at radius 1 is 0.875 bits per heavy atom. The zero-order valence-corrected chi connectivity index (χ0v) is 18.8. The lowest BCUT2D eigenvalue weighted by Gasteiger charge is -2.40. The van der Waals surface area contributed by atoms with E-state index in [1.165, 1.54) is 0 Å². The molecule has 32 heavy (non-hydrogen) atoms. The highest BCUT2D eigenvalue weighted by molar-refractivity contribution is 5.64. The van der Waals surface area contributed by atoms with Crippen molar-refractivity contribution in [1.29, 1.82) is 5.26 Å². The lowest BCUT2D eigenvalue weighted by Crippen LogP contribution is -2.49. The van der Waals surface area contributed by atoms with Gasteiger partial charge < -0.3 is 18.9 Å². The summed E-state index contributed by atoms with van der Waals surface area (Å²) in [6, 6.07) is 17.9. The Kier molecular flexibility index (Phi) is 9.77. The van der Waals surface area contributed by atoms with E-state index in [2.05, 4.69) is 24.8 Å². The Labute approximate surface area is 191 Å². The van der Waals surface area contributed by atoms with Gasteiger partial charge in [0.1, 0.15) is 5.75 Å². The van der Waals surface area contributed by atoms with Crippen LogP contribution in [0.3, 0.4) is 0 Å². The van der Waals surface area contributed by atoms with Gasteiger partial charge in [-0.3, -0.25) is 0 Å². The van der Waals surface area contributed by atoms with Gasteiger partial charge in [0.2, 0.25) is 0 Å². The fraction of sp³-hybridized carbons (Fsp3) is 0.444. The highest BCUT2D eigenvalue weighted by Gasteiger charge is 2.39. The van der Waals surface area contributed by atoms with Crippen molar-refractivity contribution in [3.8, 4) is 22.9 Å². The monoisotopic (exact) mass is 435 g/mol. The standard InChI is InChI=1S/C27H33NO4/c1-2-15-29-19-27(21-31-22-27)20-30-16-5-3-4-6-17-32-26-13-11-25(12-14-26)24-9-7-23(18-28)8-10-24/h2,7-14H,1,3-6,15-17,19-22H2. The van der Waals surface area contributed by atoms with Crippen molar-refractivity contribution in [2.24, 2.45) is 5.41 Å². The Balaban J connectivity index is 1.23. The largest absolute Gasteiger partial charge is 0.494 e. The number of nitriles is 1. The molecule has 0 saturated carbocycles. The number of nitrogens with zero attached hydrogens (tertiary/aromatic N) is 1. The van der Waals surface area contributed by atoms with E-state index in [0.29, 0.717) is 25.4 Å². The molecule has 0 spiro atoms. The third kappa shape index (κ3) is 7.49. The van der Waals surface area contributed by atoms with Crippen LogP contribution >= 0.6 is 0 Å². The number of benzene rings is 2. The van der Waals surface area contributed by atoms with Crippen molar-refractivity contribution in [2.75, 3.05) is 46.2 Å². The van der Waals surface area contributed by atoms with E-state index in [9.17, 15) is 0 Å². The van der Waals surface area contributed by atoms with E-state index in [0.717, 1.165) is 69.0 Å². The lowest BCUT2D eigenvalue weighted by atomic mass is 9.88. The molecule has 1 saturated heterocycles. The van der Waals surface area contributed by atoms with Crippen LogP contribution in [0.2, 0.25) is 0 Å². The van der Waals surface area contributed by atoms with Crippen LogP contribution in [0.4, 0.5) is 0 Å². The summed E-state index contributed by atoms with van der Waals surface area (Å²) in [7, 11) is 0. The van der Waals surface area contributed by atoms with E-state index in [1.54, 1.807) is 6.08 Å². The van der Waals surface area contributed by atoms with E-state index < -0.39 is 0 Å². The average Bonchev–Trinajstić information content (AvgIpc) is 2.81. The van der Waals surface area contributed by atoms with Crippen molar-refractivity contribution in [3.05, 3.63) is 66.7 Å².